The van der Waals surface area contributed by atoms with Crippen LogP contribution in [0.25, 0.3) is 0 Å². The first kappa shape index (κ1) is 21.6. The van der Waals surface area contributed by atoms with Gasteiger partial charge < -0.3 is 9.64 Å². The summed E-state index contributed by atoms with van der Waals surface area (Å²) >= 11 is 15.6. The quantitative estimate of drug-likeness (QED) is 0.394. The Labute approximate surface area is 188 Å². The van der Waals surface area contributed by atoms with Crippen LogP contribution in [0.5, 0.6) is 5.75 Å². The number of amides is 1. The van der Waals surface area contributed by atoms with E-state index in [1.807, 2.05) is 37.3 Å². The maximum absolute atomic E-state index is 13.1. The topological polar surface area (TPSA) is 42.4 Å². The minimum absolute atomic E-state index is 0.120. The molecular weight excluding hydrogens is 475 g/mol. The summed E-state index contributed by atoms with van der Waals surface area (Å²) < 4.78 is 6.64. The minimum Gasteiger partial charge on any atom is -0.490 e. The Morgan fingerprint density at radius 1 is 1.14 bits per heavy atom. The molecule has 7 heteroatoms. The molecule has 2 aromatic carbocycles. The maximum atomic E-state index is 13.1. The summed E-state index contributed by atoms with van der Waals surface area (Å²) in [6.45, 7) is 3.02. The van der Waals surface area contributed by atoms with Crippen molar-refractivity contribution < 1.29 is 9.53 Å². The van der Waals surface area contributed by atoms with Crippen molar-refractivity contribution in [1.29, 1.82) is 0 Å². The highest BCUT2D eigenvalue weighted by molar-refractivity contribution is 9.10. The zero-order valence-corrected chi connectivity index (χ0v) is 18.8. The summed E-state index contributed by atoms with van der Waals surface area (Å²) in [4.78, 5) is 18.9. The van der Waals surface area contributed by atoms with E-state index in [2.05, 4.69) is 20.9 Å². The van der Waals surface area contributed by atoms with Gasteiger partial charge in [0.25, 0.3) is 5.91 Å². The molecule has 0 unspecified atom stereocenters. The van der Waals surface area contributed by atoms with Gasteiger partial charge in [0.2, 0.25) is 0 Å². The van der Waals surface area contributed by atoms with Crippen molar-refractivity contribution in [2.75, 3.05) is 13.2 Å². The second-order valence-corrected chi connectivity index (χ2v) is 8.25. The molecule has 4 nitrogen and oxygen atoms in total. The Balaban J connectivity index is 1.75. The lowest BCUT2D eigenvalue weighted by atomic mass is 10.2. The van der Waals surface area contributed by atoms with Crippen molar-refractivity contribution in [2.45, 2.75) is 13.5 Å². The van der Waals surface area contributed by atoms with Gasteiger partial charge in [-0.05, 0) is 52.2 Å². The van der Waals surface area contributed by atoms with Crippen molar-refractivity contribution in [3.05, 3.63) is 92.1 Å². The van der Waals surface area contributed by atoms with Crippen LogP contribution in [0, 0.1) is 6.92 Å². The zero-order valence-electron chi connectivity index (χ0n) is 15.7. The number of aryl methyl sites for hydroxylation is 1. The van der Waals surface area contributed by atoms with Crippen LogP contribution in [-0.2, 0) is 6.54 Å². The molecule has 3 aromatic rings. The van der Waals surface area contributed by atoms with E-state index in [4.69, 9.17) is 27.9 Å². The Kier molecular flexibility index (Phi) is 7.53. The van der Waals surface area contributed by atoms with E-state index < -0.39 is 0 Å². The largest absolute Gasteiger partial charge is 0.490 e. The predicted molar refractivity (Wildman–Crippen MR) is 120 cm³/mol. The number of aromatic nitrogens is 1. The lowest BCUT2D eigenvalue weighted by Gasteiger charge is -2.23. The normalized spacial score (nSPS) is 10.6. The van der Waals surface area contributed by atoms with Gasteiger partial charge in [0, 0.05) is 28.4 Å². The summed E-state index contributed by atoms with van der Waals surface area (Å²) in [5.74, 6) is 0.456. The Morgan fingerprint density at radius 2 is 1.90 bits per heavy atom. The lowest BCUT2D eigenvalue weighted by Crippen LogP contribution is -2.34. The molecule has 1 amide bonds. The molecule has 0 N–H and O–H groups in total. The monoisotopic (exact) mass is 492 g/mol. The van der Waals surface area contributed by atoms with Crippen molar-refractivity contribution >= 4 is 45.0 Å². The fraction of sp³-hybridized carbons (Fsp3) is 0.182. The van der Waals surface area contributed by atoms with Crippen molar-refractivity contribution in [2.24, 2.45) is 0 Å². The molecular formula is C22H19BrCl2N2O2. The fourth-order valence-corrected chi connectivity index (χ4v) is 3.91. The molecule has 0 radical (unpaired) electrons. The molecule has 0 aliphatic rings. The van der Waals surface area contributed by atoms with Gasteiger partial charge in [-0.15, -0.1) is 0 Å². The van der Waals surface area contributed by atoms with Crippen LogP contribution >= 0.6 is 39.1 Å². The second kappa shape index (κ2) is 10.1. The number of halogens is 3. The highest BCUT2D eigenvalue weighted by Gasteiger charge is 2.18. The van der Waals surface area contributed by atoms with Crippen LogP contribution in [-0.4, -0.2) is 28.9 Å². The van der Waals surface area contributed by atoms with Gasteiger partial charge in [0.1, 0.15) is 12.4 Å². The van der Waals surface area contributed by atoms with Crippen LogP contribution in [0.15, 0.2) is 65.4 Å². The predicted octanol–water partition coefficient (Wildman–Crippen LogP) is 6.18. The van der Waals surface area contributed by atoms with Gasteiger partial charge in [-0.25, -0.2) is 0 Å². The molecule has 0 aliphatic heterocycles. The minimum atomic E-state index is -0.120. The van der Waals surface area contributed by atoms with Gasteiger partial charge >= 0.3 is 0 Å². The number of rotatable bonds is 7. The third-order valence-corrected chi connectivity index (χ3v) is 5.19. The smallest absolute Gasteiger partial charge is 0.255 e. The first-order chi connectivity index (χ1) is 13.9. The van der Waals surface area contributed by atoms with Crippen molar-refractivity contribution in [3.63, 3.8) is 0 Å². The van der Waals surface area contributed by atoms with Crippen LogP contribution in [0.1, 0.15) is 21.5 Å². The summed E-state index contributed by atoms with van der Waals surface area (Å²) in [7, 11) is 0. The third-order valence-electron chi connectivity index (χ3n) is 4.26. The Hall–Kier alpha value is -2.08. The van der Waals surface area contributed by atoms with Gasteiger partial charge in [-0.2, -0.15) is 0 Å². The van der Waals surface area contributed by atoms with Gasteiger partial charge in [0.15, 0.2) is 0 Å². The third kappa shape index (κ3) is 5.95. The van der Waals surface area contributed by atoms with Crippen LogP contribution in [0.3, 0.4) is 0 Å². The maximum Gasteiger partial charge on any atom is 0.255 e. The average Bonchev–Trinajstić information content (AvgIpc) is 2.69. The van der Waals surface area contributed by atoms with Gasteiger partial charge in [-0.3, -0.25) is 9.78 Å². The molecule has 0 spiro atoms. The van der Waals surface area contributed by atoms with E-state index in [1.54, 1.807) is 35.5 Å². The number of nitrogens with zero attached hydrogens (tertiary/aromatic N) is 2. The molecule has 1 aromatic heterocycles. The number of benzene rings is 2. The highest BCUT2D eigenvalue weighted by Crippen LogP contribution is 2.31. The molecule has 0 fully saturated rings. The van der Waals surface area contributed by atoms with Gasteiger partial charge in [-0.1, -0.05) is 53.5 Å². The van der Waals surface area contributed by atoms with Crippen LogP contribution in [0.4, 0.5) is 0 Å². The van der Waals surface area contributed by atoms with E-state index in [9.17, 15) is 4.79 Å². The second-order valence-electron chi connectivity index (χ2n) is 6.49. The summed E-state index contributed by atoms with van der Waals surface area (Å²) in [5, 5.41) is 1.01. The number of ether oxygens (including phenoxy) is 1. The molecule has 0 saturated carbocycles. The van der Waals surface area contributed by atoms with E-state index in [0.717, 1.165) is 15.6 Å². The number of hydrogen-bond donors (Lipinski definition) is 0. The first-order valence-electron chi connectivity index (χ1n) is 8.96. The molecule has 1 heterocycles. The average molecular weight is 494 g/mol. The molecule has 0 aliphatic carbocycles. The highest BCUT2D eigenvalue weighted by atomic mass is 79.9. The summed E-state index contributed by atoms with van der Waals surface area (Å²) in [6, 6.07) is 15.0. The molecule has 0 bridgehead atoms. The number of hydrogen-bond acceptors (Lipinski definition) is 3. The van der Waals surface area contributed by atoms with Crippen molar-refractivity contribution in [1.82, 2.24) is 9.88 Å². The van der Waals surface area contributed by atoms with Gasteiger partial charge in [0.05, 0.1) is 17.1 Å². The molecule has 150 valence electrons. The van der Waals surface area contributed by atoms with E-state index in [1.165, 1.54) is 0 Å². The van der Waals surface area contributed by atoms with E-state index in [0.29, 0.717) is 41.1 Å². The molecule has 0 atom stereocenters. The van der Waals surface area contributed by atoms with Crippen molar-refractivity contribution in [3.8, 4) is 5.75 Å². The number of carbonyl (C=O) groups is 1. The lowest BCUT2D eigenvalue weighted by molar-refractivity contribution is 0.0715. The summed E-state index contributed by atoms with van der Waals surface area (Å²) in [5.41, 5.74) is 2.39. The summed E-state index contributed by atoms with van der Waals surface area (Å²) in [6.07, 6.45) is 3.21. The SMILES string of the molecule is Cc1cc(Cl)cc(Cl)c1OCCN(Cc1ccccc1)C(=O)c1cncc(Br)c1. The van der Waals surface area contributed by atoms with Crippen LogP contribution < -0.4 is 4.74 Å². The number of pyridine rings is 1. The standard InChI is InChI=1S/C22H19BrCl2N2O2/c1-15-9-19(24)11-20(25)21(15)29-8-7-27(14-16-5-3-2-4-6-16)22(28)17-10-18(23)13-26-12-17/h2-6,9-13H,7-8,14H2,1H3. The molecule has 3 rings (SSSR count). The Morgan fingerprint density at radius 3 is 2.59 bits per heavy atom. The molecule has 0 saturated heterocycles. The zero-order chi connectivity index (χ0) is 20.8. The first-order valence-corrected chi connectivity index (χ1v) is 10.5. The van der Waals surface area contributed by atoms with E-state index >= 15 is 0 Å². The fourth-order valence-electron chi connectivity index (χ4n) is 2.90. The number of carbonyl (C=O) groups excluding carboxylic acids is 1. The van der Waals surface area contributed by atoms with E-state index in [-0.39, 0.29) is 5.91 Å². The molecule has 29 heavy (non-hydrogen) atoms. The Bertz CT molecular complexity index is 976. The van der Waals surface area contributed by atoms with Crippen LogP contribution in [0.2, 0.25) is 10.0 Å².